The number of amides is 1. The first-order valence-corrected chi connectivity index (χ1v) is 4.47. The van der Waals surface area contributed by atoms with Crippen LogP contribution in [0.15, 0.2) is 24.3 Å². The zero-order valence-corrected chi connectivity index (χ0v) is 8.40. The standard InChI is InChI=1S/C10H13NO4/c1-14-8-4-2-3-5-9(8)15-10(13)11-6-7-12/h2-5,12H,6-7H2,1H3,(H,11,13). The van der Waals surface area contributed by atoms with Crippen LogP contribution in [0.1, 0.15) is 0 Å². The van der Waals surface area contributed by atoms with Gasteiger partial charge in [0, 0.05) is 6.54 Å². The van der Waals surface area contributed by atoms with Gasteiger partial charge in [-0.1, -0.05) is 12.1 Å². The number of para-hydroxylation sites is 2. The number of benzene rings is 1. The van der Waals surface area contributed by atoms with Crippen LogP contribution >= 0.6 is 0 Å². The van der Waals surface area contributed by atoms with Crippen molar-refractivity contribution in [3.8, 4) is 11.5 Å². The molecular formula is C10H13NO4. The minimum Gasteiger partial charge on any atom is -0.493 e. The number of aliphatic hydroxyl groups excluding tert-OH is 1. The lowest BCUT2D eigenvalue weighted by Gasteiger charge is -2.08. The molecule has 0 aliphatic rings. The summed E-state index contributed by atoms with van der Waals surface area (Å²) in [5.74, 6) is 0.826. The Kier molecular flexibility index (Phi) is 4.43. The van der Waals surface area contributed by atoms with Gasteiger partial charge >= 0.3 is 6.09 Å². The summed E-state index contributed by atoms with van der Waals surface area (Å²) in [4.78, 5) is 11.1. The molecule has 0 aromatic heterocycles. The molecular weight excluding hydrogens is 198 g/mol. The molecule has 1 rings (SSSR count). The molecule has 2 N–H and O–H groups in total. The van der Waals surface area contributed by atoms with Crippen LogP contribution in [-0.4, -0.2) is 31.5 Å². The first-order valence-electron chi connectivity index (χ1n) is 4.47. The molecule has 82 valence electrons. The van der Waals surface area contributed by atoms with E-state index in [9.17, 15) is 4.79 Å². The number of hydrogen-bond donors (Lipinski definition) is 2. The molecule has 15 heavy (non-hydrogen) atoms. The first kappa shape index (κ1) is 11.3. The van der Waals surface area contributed by atoms with Gasteiger partial charge in [-0.15, -0.1) is 0 Å². The third-order valence-corrected chi connectivity index (χ3v) is 1.65. The van der Waals surface area contributed by atoms with Crippen LogP contribution in [-0.2, 0) is 0 Å². The van der Waals surface area contributed by atoms with E-state index >= 15 is 0 Å². The number of ether oxygens (including phenoxy) is 2. The minimum atomic E-state index is -0.617. The second kappa shape index (κ2) is 5.87. The molecule has 0 unspecified atom stereocenters. The van der Waals surface area contributed by atoms with Crippen molar-refractivity contribution in [3.05, 3.63) is 24.3 Å². The molecule has 5 nitrogen and oxygen atoms in total. The largest absolute Gasteiger partial charge is 0.493 e. The number of hydrogen-bond acceptors (Lipinski definition) is 4. The predicted octanol–water partition coefficient (Wildman–Crippen LogP) is 0.776. The maximum absolute atomic E-state index is 11.1. The minimum absolute atomic E-state index is 0.124. The van der Waals surface area contributed by atoms with E-state index in [0.29, 0.717) is 11.5 Å². The van der Waals surface area contributed by atoms with Gasteiger partial charge in [0.2, 0.25) is 0 Å². The second-order valence-corrected chi connectivity index (χ2v) is 2.69. The van der Waals surface area contributed by atoms with E-state index in [-0.39, 0.29) is 13.2 Å². The summed E-state index contributed by atoms with van der Waals surface area (Å²) in [5, 5.41) is 10.9. The Bertz CT molecular complexity index is 327. The summed E-state index contributed by atoms with van der Waals surface area (Å²) < 4.78 is 9.95. The van der Waals surface area contributed by atoms with Crippen molar-refractivity contribution in [1.82, 2.24) is 5.32 Å². The number of rotatable bonds is 4. The van der Waals surface area contributed by atoms with E-state index in [1.54, 1.807) is 24.3 Å². The maximum Gasteiger partial charge on any atom is 0.412 e. The van der Waals surface area contributed by atoms with Gasteiger partial charge in [-0.2, -0.15) is 0 Å². The Balaban J connectivity index is 2.59. The number of carbonyl (C=O) groups excluding carboxylic acids is 1. The highest BCUT2D eigenvalue weighted by Gasteiger charge is 2.07. The molecule has 0 aliphatic heterocycles. The van der Waals surface area contributed by atoms with Crippen molar-refractivity contribution in [2.45, 2.75) is 0 Å². The van der Waals surface area contributed by atoms with Crippen molar-refractivity contribution >= 4 is 6.09 Å². The molecule has 1 amide bonds. The Morgan fingerprint density at radius 2 is 2.07 bits per heavy atom. The third kappa shape index (κ3) is 3.47. The third-order valence-electron chi connectivity index (χ3n) is 1.65. The molecule has 0 bridgehead atoms. The molecule has 0 fully saturated rings. The quantitative estimate of drug-likeness (QED) is 0.772. The molecule has 0 aliphatic carbocycles. The van der Waals surface area contributed by atoms with Gasteiger partial charge in [0.25, 0.3) is 0 Å². The monoisotopic (exact) mass is 211 g/mol. The topological polar surface area (TPSA) is 67.8 Å². The molecule has 1 aromatic carbocycles. The molecule has 0 spiro atoms. The van der Waals surface area contributed by atoms with Gasteiger partial charge in [0.1, 0.15) is 0 Å². The lowest BCUT2D eigenvalue weighted by molar-refractivity contribution is 0.193. The van der Waals surface area contributed by atoms with Crippen LogP contribution in [0.5, 0.6) is 11.5 Å². The lowest BCUT2D eigenvalue weighted by atomic mass is 10.3. The lowest BCUT2D eigenvalue weighted by Crippen LogP contribution is -2.29. The van der Waals surface area contributed by atoms with Crippen LogP contribution in [0.3, 0.4) is 0 Å². The first-order chi connectivity index (χ1) is 7.27. The van der Waals surface area contributed by atoms with Crippen molar-refractivity contribution in [3.63, 3.8) is 0 Å². The highest BCUT2D eigenvalue weighted by Crippen LogP contribution is 2.25. The SMILES string of the molecule is COc1ccccc1OC(=O)NCCO. The molecule has 5 heteroatoms. The fraction of sp³-hybridized carbons (Fsp3) is 0.300. The van der Waals surface area contributed by atoms with Crippen molar-refractivity contribution in [2.75, 3.05) is 20.3 Å². The average molecular weight is 211 g/mol. The Morgan fingerprint density at radius 1 is 1.40 bits per heavy atom. The van der Waals surface area contributed by atoms with E-state index in [2.05, 4.69) is 5.32 Å². The van der Waals surface area contributed by atoms with E-state index in [4.69, 9.17) is 14.6 Å². The summed E-state index contributed by atoms with van der Waals surface area (Å²) >= 11 is 0. The summed E-state index contributed by atoms with van der Waals surface area (Å²) in [7, 11) is 1.49. The van der Waals surface area contributed by atoms with E-state index < -0.39 is 6.09 Å². The predicted molar refractivity (Wildman–Crippen MR) is 54.1 cm³/mol. The Hall–Kier alpha value is -1.75. The van der Waals surface area contributed by atoms with Gasteiger partial charge in [0.15, 0.2) is 11.5 Å². The number of methoxy groups -OCH3 is 1. The second-order valence-electron chi connectivity index (χ2n) is 2.69. The smallest absolute Gasteiger partial charge is 0.412 e. The zero-order chi connectivity index (χ0) is 11.1. The van der Waals surface area contributed by atoms with Crippen LogP contribution in [0.2, 0.25) is 0 Å². The van der Waals surface area contributed by atoms with Crippen molar-refractivity contribution < 1.29 is 19.4 Å². The summed E-state index contributed by atoms with van der Waals surface area (Å²) in [5.41, 5.74) is 0. The molecule has 0 atom stereocenters. The van der Waals surface area contributed by atoms with Gasteiger partial charge in [-0.05, 0) is 12.1 Å². The summed E-state index contributed by atoms with van der Waals surface area (Å²) in [6.07, 6.45) is -0.617. The molecule has 0 saturated carbocycles. The maximum atomic E-state index is 11.1. The Labute approximate surface area is 87.6 Å². The van der Waals surface area contributed by atoms with Crippen LogP contribution < -0.4 is 14.8 Å². The molecule has 1 aromatic rings. The average Bonchev–Trinajstić information content (AvgIpc) is 2.27. The van der Waals surface area contributed by atoms with Crippen molar-refractivity contribution in [2.24, 2.45) is 0 Å². The highest BCUT2D eigenvalue weighted by atomic mass is 16.6. The Morgan fingerprint density at radius 3 is 2.67 bits per heavy atom. The number of aliphatic hydroxyl groups is 1. The van der Waals surface area contributed by atoms with Crippen LogP contribution in [0.25, 0.3) is 0 Å². The fourth-order valence-electron chi connectivity index (χ4n) is 0.997. The van der Waals surface area contributed by atoms with Crippen molar-refractivity contribution in [1.29, 1.82) is 0 Å². The van der Waals surface area contributed by atoms with Crippen LogP contribution in [0, 0.1) is 0 Å². The van der Waals surface area contributed by atoms with Gasteiger partial charge in [0.05, 0.1) is 13.7 Å². The van der Waals surface area contributed by atoms with Crippen LogP contribution in [0.4, 0.5) is 4.79 Å². The number of carbonyl (C=O) groups is 1. The van der Waals surface area contributed by atoms with Gasteiger partial charge in [-0.3, -0.25) is 0 Å². The van der Waals surface area contributed by atoms with E-state index in [1.165, 1.54) is 7.11 Å². The fourth-order valence-corrected chi connectivity index (χ4v) is 0.997. The molecule has 0 heterocycles. The zero-order valence-electron chi connectivity index (χ0n) is 8.40. The van der Waals surface area contributed by atoms with Gasteiger partial charge < -0.3 is 19.9 Å². The van der Waals surface area contributed by atoms with Gasteiger partial charge in [-0.25, -0.2) is 4.79 Å². The van der Waals surface area contributed by atoms with E-state index in [0.717, 1.165) is 0 Å². The highest BCUT2D eigenvalue weighted by molar-refractivity contribution is 5.71. The normalized spacial score (nSPS) is 9.47. The summed E-state index contributed by atoms with van der Waals surface area (Å²) in [6, 6.07) is 6.82. The molecule has 0 saturated heterocycles. The summed E-state index contributed by atoms with van der Waals surface area (Å²) in [6.45, 7) is 0.0367. The number of nitrogens with one attached hydrogen (secondary N) is 1. The van der Waals surface area contributed by atoms with E-state index in [1.807, 2.05) is 0 Å². The molecule has 0 radical (unpaired) electrons.